The third-order valence-electron chi connectivity index (χ3n) is 20.8. The Bertz CT molecular complexity index is 5000. The van der Waals surface area contributed by atoms with Crippen LogP contribution in [0.1, 0.15) is 113 Å². The lowest BCUT2D eigenvalue weighted by Crippen LogP contribution is -2.55. The third-order valence-corrected chi connectivity index (χ3v) is 21.7. The topological polar surface area (TPSA) is 422 Å². The maximum Gasteiger partial charge on any atom is 0.330 e. The van der Waals surface area contributed by atoms with Gasteiger partial charge in [0.15, 0.2) is 34.2 Å². The first-order valence-electron chi connectivity index (χ1n) is 34.0. The second-order valence-electron chi connectivity index (χ2n) is 27.7. The fourth-order valence-electron chi connectivity index (χ4n) is 16.0. The van der Waals surface area contributed by atoms with Gasteiger partial charge in [0.05, 0.1) is 27.3 Å². The van der Waals surface area contributed by atoms with Gasteiger partial charge in [0.25, 0.3) is 5.91 Å². The van der Waals surface area contributed by atoms with Crippen molar-refractivity contribution in [3.63, 3.8) is 0 Å². The van der Waals surface area contributed by atoms with Gasteiger partial charge in [0, 0.05) is 35.3 Å². The number of aliphatic hydroxyl groups excluding tert-OH is 1. The summed E-state index contributed by atoms with van der Waals surface area (Å²) in [4.78, 5) is 106. The zero-order valence-electron chi connectivity index (χ0n) is 55.6. The molecular formula is C76H67Cl2N9O18S. The van der Waals surface area contributed by atoms with Gasteiger partial charge < -0.3 is 98.0 Å². The number of amides is 6. The number of para-hydroxylation sites is 1. The van der Waals surface area contributed by atoms with Crippen LogP contribution in [0, 0.1) is 23.7 Å². The minimum atomic E-state index is -2.21. The van der Waals surface area contributed by atoms with Crippen LogP contribution in [0.15, 0.2) is 140 Å². The fraction of sp³-hybridized carbons (Fsp3) is 0.263. The number of aliphatic carboxylic acids is 1. The number of halogens is 2. The number of carboxylic acids is 1. The highest BCUT2D eigenvalue weighted by Crippen LogP contribution is 2.55. The molecule has 15 bridgehead atoms. The molecule has 8 aromatic carbocycles. The molecular weight excluding hydrogens is 1430 g/mol. The van der Waals surface area contributed by atoms with E-state index in [9.17, 15) is 55.2 Å². The van der Waals surface area contributed by atoms with Gasteiger partial charge in [0.1, 0.15) is 76.6 Å². The number of phenols is 6. The standard InChI is InChI=1S/C76H67Cl2N9O18S/c77-47-19-31-6-11-53(47)104-56-26-40-27-57(68(56)94)105-54-12-9-36(24-48(54)78)66(92)65-73(99)84-64(75(101)102)45-29-51(90)46(30-80-59-37-15-32-14-33(17-37)18-38(59)16-32)67(93)58(45)44-23-34(7-10-50(44)89)60(70(96)85-65)82-72(98)62(40)83-71(97)61(81-69(95)49(79)20-31)39-21-42(88)28-43(22-39)103-55-13-8-35(25-52(55)91)63-74(100)87(76(106)86-63)41-4-2-1-3-5-41/h1-13,19,21-29,32-33,37-38,49,59-66,80,88-94H,14-18,20,30,79H2,(H,81,95)(H,82,98)(H,83,97)(H,84,99)(H,85,96)(H,86,106)(H,101,102)/t32?,33?,37?,38?,49-,59?,60-,61+,62-,63?,64+,65+,66-/m1/s1. The maximum atomic E-state index is 16.1. The minimum absolute atomic E-state index is 0.00915. The number of nitrogens with two attached hydrogens (primary N) is 1. The SMILES string of the molecule is N[C@@H]1Cc2ccc(c(Cl)c2)Oc2cc3cc(c2O)Oc2ccc(cc2Cl)[C@@H](O)[C@@H]2NC(=O)[C@H](NC(=O)[C@@H]3NC(=O)[C@H](c3cc(O)cc(Oc4ccc(C5NC(=S)N(c6ccccc6)C5=O)cc4O)c3)NC1=O)c1ccc(O)c(c1)-c1c(cc(O)c(CNC3C4CC5CC(C4)CC3C5)c1O)[C@@H](C(=O)O)NC2=O. The Morgan fingerprint density at radius 2 is 1.18 bits per heavy atom. The summed E-state index contributed by atoms with van der Waals surface area (Å²) in [6, 6.07) is 17.5. The van der Waals surface area contributed by atoms with E-state index in [1.165, 1.54) is 72.0 Å². The summed E-state index contributed by atoms with van der Waals surface area (Å²) in [6.07, 6.45) is 2.86. The molecule has 0 radical (unpaired) electrons. The summed E-state index contributed by atoms with van der Waals surface area (Å²) in [5, 5.41) is 114. The van der Waals surface area contributed by atoms with Crippen LogP contribution in [-0.4, -0.2) is 106 Å². The van der Waals surface area contributed by atoms with Gasteiger partial charge in [-0.05, 0) is 199 Å². The summed E-state index contributed by atoms with van der Waals surface area (Å²) in [6.45, 7) is -0.144. The number of aromatic hydroxyl groups is 6. The van der Waals surface area contributed by atoms with Crippen molar-refractivity contribution in [2.45, 2.75) is 99.5 Å². The van der Waals surface area contributed by atoms with E-state index in [0.717, 1.165) is 74.2 Å². The molecule has 10 aliphatic rings. The molecule has 6 aliphatic heterocycles. The van der Waals surface area contributed by atoms with Gasteiger partial charge in [0.2, 0.25) is 35.3 Å². The van der Waals surface area contributed by atoms with Gasteiger partial charge in [-0.2, -0.15) is 0 Å². The van der Waals surface area contributed by atoms with Crippen LogP contribution in [0.2, 0.25) is 10.0 Å². The monoisotopic (exact) mass is 1500 g/mol. The van der Waals surface area contributed by atoms with Crippen molar-refractivity contribution < 1.29 is 88.6 Å². The van der Waals surface area contributed by atoms with E-state index >= 15 is 19.2 Å². The van der Waals surface area contributed by atoms with Crippen LogP contribution in [0.4, 0.5) is 5.69 Å². The molecule has 8 aromatic rings. The molecule has 4 aliphatic carbocycles. The second-order valence-corrected chi connectivity index (χ2v) is 28.9. The summed E-state index contributed by atoms with van der Waals surface area (Å²) >= 11 is 19.3. The number of hydrogen-bond acceptors (Lipinski definition) is 20. The van der Waals surface area contributed by atoms with Crippen LogP contribution >= 0.6 is 35.4 Å². The number of thiocarbonyl (C=S) groups is 1. The molecule has 1 unspecified atom stereocenters. The van der Waals surface area contributed by atoms with E-state index in [-0.39, 0.29) is 96.1 Å². The molecule has 27 nitrogen and oxygen atoms in total. The number of nitrogens with zero attached hydrogens (tertiary/aromatic N) is 1. The fourth-order valence-corrected chi connectivity index (χ4v) is 16.7. The maximum absolute atomic E-state index is 16.1. The van der Waals surface area contributed by atoms with Crippen molar-refractivity contribution in [1.29, 1.82) is 0 Å². The number of nitrogens with one attached hydrogen (secondary N) is 7. The highest BCUT2D eigenvalue weighted by molar-refractivity contribution is 7.80. The zero-order valence-corrected chi connectivity index (χ0v) is 57.9. The van der Waals surface area contributed by atoms with Crippen molar-refractivity contribution >= 4 is 87.6 Å². The summed E-state index contributed by atoms with van der Waals surface area (Å²) in [5.74, 6) is -12.1. The molecule has 18 rings (SSSR count). The molecule has 4 saturated carbocycles. The largest absolute Gasteiger partial charge is 0.508 e. The summed E-state index contributed by atoms with van der Waals surface area (Å²) < 4.78 is 18.7. The van der Waals surface area contributed by atoms with Crippen LogP contribution < -0.4 is 62.1 Å². The zero-order chi connectivity index (χ0) is 74.4. The Labute approximate surface area is 618 Å². The Balaban J connectivity index is 0.849. The molecule has 0 spiro atoms. The molecule has 544 valence electrons. The molecule has 8 atom stereocenters. The Morgan fingerprint density at radius 3 is 1.83 bits per heavy atom. The highest BCUT2D eigenvalue weighted by atomic mass is 35.5. The van der Waals surface area contributed by atoms with Gasteiger partial charge in [-0.15, -0.1) is 0 Å². The number of anilines is 1. The number of carbonyl (C=O) groups excluding carboxylic acids is 6. The smallest absolute Gasteiger partial charge is 0.330 e. The molecule has 17 N–H and O–H groups in total. The van der Waals surface area contributed by atoms with E-state index in [2.05, 4.69) is 37.2 Å². The number of benzene rings is 8. The number of carboxylic acid groups (broad SMARTS) is 1. The Hall–Kier alpha value is -11.4. The van der Waals surface area contributed by atoms with E-state index < -0.39 is 147 Å². The molecule has 30 heteroatoms. The van der Waals surface area contributed by atoms with Crippen LogP contribution in [0.3, 0.4) is 0 Å². The summed E-state index contributed by atoms with van der Waals surface area (Å²) in [5.41, 5.74) is 5.39. The third kappa shape index (κ3) is 13.3. The lowest BCUT2D eigenvalue weighted by Gasteiger charge is -2.54. The average Bonchev–Trinajstić information content (AvgIpc) is 0.963. The quantitative estimate of drug-likeness (QED) is 0.0600. The van der Waals surface area contributed by atoms with E-state index in [1.54, 1.807) is 30.3 Å². The first-order valence-corrected chi connectivity index (χ1v) is 35.1. The van der Waals surface area contributed by atoms with Crippen LogP contribution in [0.25, 0.3) is 11.1 Å². The van der Waals surface area contributed by atoms with E-state index in [0.29, 0.717) is 34.9 Å². The highest BCUT2D eigenvalue weighted by Gasteiger charge is 2.49. The number of ether oxygens (including phenoxy) is 3. The molecule has 106 heavy (non-hydrogen) atoms. The Morgan fingerprint density at radius 1 is 0.575 bits per heavy atom. The van der Waals surface area contributed by atoms with Crippen molar-refractivity contribution in [2.75, 3.05) is 4.90 Å². The van der Waals surface area contributed by atoms with E-state index in [4.69, 9.17) is 55.4 Å². The van der Waals surface area contributed by atoms with Crippen molar-refractivity contribution in [1.82, 2.24) is 37.2 Å². The second kappa shape index (κ2) is 27.9. The molecule has 1 saturated heterocycles. The Kier molecular flexibility index (Phi) is 18.5. The number of rotatable bonds is 9. The van der Waals surface area contributed by atoms with Gasteiger partial charge in [-0.3, -0.25) is 33.7 Å². The molecule has 5 fully saturated rings. The number of carbonyl (C=O) groups is 7. The van der Waals surface area contributed by atoms with Gasteiger partial charge >= 0.3 is 5.97 Å². The minimum Gasteiger partial charge on any atom is -0.508 e. The molecule has 6 amide bonds. The summed E-state index contributed by atoms with van der Waals surface area (Å²) in [7, 11) is 0. The van der Waals surface area contributed by atoms with Crippen LogP contribution in [-0.2, 0) is 46.5 Å². The molecule has 6 heterocycles. The molecule has 0 aromatic heterocycles. The van der Waals surface area contributed by atoms with Crippen molar-refractivity contribution in [2.24, 2.45) is 29.4 Å². The number of phenolic OH excluding ortho intramolecular Hbond substituents is 6. The number of hydrogen-bond donors (Lipinski definition) is 16. The number of fused-ring (bicyclic) bond motifs is 15. The normalized spacial score (nSPS) is 25.4. The van der Waals surface area contributed by atoms with Crippen LogP contribution in [0.5, 0.6) is 69.0 Å². The lowest BCUT2D eigenvalue weighted by atomic mass is 9.54. The lowest BCUT2D eigenvalue weighted by molar-refractivity contribution is -0.143. The number of aliphatic hydroxyl groups is 1. The van der Waals surface area contributed by atoms with Crippen molar-refractivity contribution in [3.05, 3.63) is 194 Å². The van der Waals surface area contributed by atoms with Gasteiger partial charge in [-0.25, -0.2) is 4.79 Å². The predicted octanol–water partition coefficient (Wildman–Crippen LogP) is 8.69. The van der Waals surface area contributed by atoms with E-state index in [1.807, 2.05) is 0 Å². The van der Waals surface area contributed by atoms with Crippen molar-refractivity contribution in [3.8, 4) is 80.1 Å². The predicted molar refractivity (Wildman–Crippen MR) is 384 cm³/mol. The average molecular weight is 1500 g/mol. The van der Waals surface area contributed by atoms with Gasteiger partial charge in [-0.1, -0.05) is 65.7 Å². The first kappa shape index (κ1) is 70.3. The first-order chi connectivity index (χ1) is 50.8.